The van der Waals surface area contributed by atoms with E-state index >= 15 is 0 Å². The van der Waals surface area contributed by atoms with E-state index in [-0.39, 0.29) is 11.3 Å². The van der Waals surface area contributed by atoms with Crippen molar-refractivity contribution in [2.75, 3.05) is 4.90 Å². The summed E-state index contributed by atoms with van der Waals surface area (Å²) in [5.74, 6) is -1.37. The standard InChI is InChI=1S/C22H17N3O3/c1-14-7-9-15(10-8-14)20(26)18-19(16-5-4-11-23-13-16)25(22(28)21(18)27)17-6-2-3-12-24-17/h2-13,19,26H,1H3/b20-18-. The lowest BCUT2D eigenvalue weighted by Crippen LogP contribution is -2.30. The normalized spacial score (nSPS) is 18.5. The number of ketones is 1. The van der Waals surface area contributed by atoms with Crippen molar-refractivity contribution in [2.24, 2.45) is 0 Å². The van der Waals surface area contributed by atoms with Gasteiger partial charge in [-0.05, 0) is 30.7 Å². The molecule has 0 aliphatic carbocycles. The number of pyridine rings is 2. The molecule has 2 aromatic heterocycles. The first kappa shape index (κ1) is 17.6. The molecule has 138 valence electrons. The molecule has 0 spiro atoms. The second-order valence-electron chi connectivity index (χ2n) is 6.51. The maximum absolute atomic E-state index is 12.9. The second-order valence-corrected chi connectivity index (χ2v) is 6.51. The molecular weight excluding hydrogens is 354 g/mol. The molecule has 0 bridgehead atoms. The van der Waals surface area contributed by atoms with Crippen LogP contribution in [0, 0.1) is 6.92 Å². The zero-order valence-electron chi connectivity index (χ0n) is 15.1. The zero-order chi connectivity index (χ0) is 19.7. The van der Waals surface area contributed by atoms with E-state index in [1.165, 1.54) is 4.90 Å². The molecule has 1 atom stereocenters. The van der Waals surface area contributed by atoms with Gasteiger partial charge in [0.15, 0.2) is 0 Å². The van der Waals surface area contributed by atoms with E-state index in [1.54, 1.807) is 61.1 Å². The quantitative estimate of drug-likeness (QED) is 0.433. The van der Waals surface area contributed by atoms with Crippen LogP contribution in [0.5, 0.6) is 0 Å². The minimum atomic E-state index is -0.815. The molecule has 6 nitrogen and oxygen atoms in total. The number of carbonyl (C=O) groups excluding carboxylic acids is 2. The van der Waals surface area contributed by atoms with Crippen LogP contribution in [-0.2, 0) is 9.59 Å². The summed E-state index contributed by atoms with van der Waals surface area (Å²) in [6.45, 7) is 1.93. The van der Waals surface area contributed by atoms with Gasteiger partial charge >= 0.3 is 5.91 Å². The van der Waals surface area contributed by atoms with Crippen molar-refractivity contribution < 1.29 is 14.7 Å². The van der Waals surface area contributed by atoms with Crippen molar-refractivity contribution in [3.05, 3.63) is 95.5 Å². The number of hydrogen-bond acceptors (Lipinski definition) is 5. The van der Waals surface area contributed by atoms with E-state index in [0.29, 0.717) is 16.9 Å². The first-order valence-electron chi connectivity index (χ1n) is 8.77. The Morgan fingerprint density at radius 1 is 1.00 bits per heavy atom. The number of aliphatic hydroxyl groups excluding tert-OH is 1. The van der Waals surface area contributed by atoms with E-state index in [2.05, 4.69) is 9.97 Å². The third kappa shape index (κ3) is 2.95. The van der Waals surface area contributed by atoms with Crippen LogP contribution < -0.4 is 4.90 Å². The molecular formula is C22H17N3O3. The first-order chi connectivity index (χ1) is 13.6. The number of Topliss-reactive ketones (excluding diaryl/α,β-unsaturated/α-hetero) is 1. The van der Waals surface area contributed by atoms with E-state index in [4.69, 9.17) is 0 Å². The van der Waals surface area contributed by atoms with Gasteiger partial charge in [0.05, 0.1) is 11.6 Å². The average Bonchev–Trinajstić information content (AvgIpc) is 3.00. The van der Waals surface area contributed by atoms with E-state index in [0.717, 1.165) is 5.56 Å². The van der Waals surface area contributed by atoms with Crippen LogP contribution in [-0.4, -0.2) is 26.8 Å². The summed E-state index contributed by atoms with van der Waals surface area (Å²) >= 11 is 0. The Hall–Kier alpha value is -3.80. The summed E-state index contributed by atoms with van der Waals surface area (Å²) in [6, 6.07) is 14.9. The molecule has 1 amide bonds. The number of anilines is 1. The fourth-order valence-electron chi connectivity index (χ4n) is 3.29. The Bertz CT molecular complexity index is 1060. The summed E-state index contributed by atoms with van der Waals surface area (Å²) in [7, 11) is 0. The van der Waals surface area contributed by atoms with Gasteiger partial charge in [-0.3, -0.25) is 19.5 Å². The molecule has 6 heteroatoms. The molecule has 28 heavy (non-hydrogen) atoms. The zero-order valence-corrected chi connectivity index (χ0v) is 15.1. The number of hydrogen-bond donors (Lipinski definition) is 1. The molecule has 1 N–H and O–H groups in total. The monoisotopic (exact) mass is 371 g/mol. The predicted molar refractivity (Wildman–Crippen MR) is 104 cm³/mol. The van der Waals surface area contributed by atoms with Gasteiger partial charge in [0.25, 0.3) is 5.78 Å². The summed E-state index contributed by atoms with van der Waals surface area (Å²) < 4.78 is 0. The molecule has 1 aliphatic rings. The molecule has 4 rings (SSSR count). The lowest BCUT2D eigenvalue weighted by Gasteiger charge is -2.24. The molecule has 1 fully saturated rings. The minimum Gasteiger partial charge on any atom is -0.507 e. The highest BCUT2D eigenvalue weighted by Gasteiger charge is 2.47. The largest absolute Gasteiger partial charge is 0.507 e. The van der Waals surface area contributed by atoms with E-state index in [1.807, 2.05) is 19.1 Å². The molecule has 3 aromatic rings. The SMILES string of the molecule is Cc1ccc(/C(O)=C2/C(=O)C(=O)N(c3ccccn3)C2c2cccnc2)cc1. The number of amides is 1. The maximum Gasteiger partial charge on any atom is 0.301 e. The Labute approximate surface area is 161 Å². The first-order valence-corrected chi connectivity index (χ1v) is 8.77. The van der Waals surface area contributed by atoms with Gasteiger partial charge in [-0.1, -0.05) is 42.0 Å². The third-order valence-corrected chi connectivity index (χ3v) is 4.67. The van der Waals surface area contributed by atoms with Gasteiger partial charge in [-0.2, -0.15) is 0 Å². The van der Waals surface area contributed by atoms with Gasteiger partial charge in [-0.15, -0.1) is 0 Å². The van der Waals surface area contributed by atoms with Gasteiger partial charge in [0.2, 0.25) is 0 Å². The fraction of sp³-hybridized carbons (Fsp3) is 0.0909. The number of aliphatic hydroxyl groups is 1. The Kier molecular flexibility index (Phi) is 4.45. The lowest BCUT2D eigenvalue weighted by molar-refractivity contribution is -0.132. The molecule has 1 unspecified atom stereocenters. The fourth-order valence-corrected chi connectivity index (χ4v) is 3.29. The van der Waals surface area contributed by atoms with Gasteiger partial charge in [0.1, 0.15) is 11.6 Å². The van der Waals surface area contributed by atoms with Crippen LogP contribution in [0.2, 0.25) is 0 Å². The highest BCUT2D eigenvalue weighted by atomic mass is 16.3. The van der Waals surface area contributed by atoms with Crippen molar-refractivity contribution in [1.29, 1.82) is 0 Å². The van der Waals surface area contributed by atoms with Gasteiger partial charge < -0.3 is 5.11 Å². The number of nitrogens with zero attached hydrogens (tertiary/aromatic N) is 3. The topological polar surface area (TPSA) is 83.4 Å². The molecule has 1 aliphatic heterocycles. The van der Waals surface area contributed by atoms with Crippen molar-refractivity contribution in [2.45, 2.75) is 13.0 Å². The van der Waals surface area contributed by atoms with Crippen molar-refractivity contribution in [1.82, 2.24) is 9.97 Å². The smallest absolute Gasteiger partial charge is 0.301 e. The highest BCUT2D eigenvalue weighted by molar-refractivity contribution is 6.51. The number of benzene rings is 1. The number of carbonyl (C=O) groups is 2. The average molecular weight is 371 g/mol. The summed E-state index contributed by atoms with van der Waals surface area (Å²) in [5.41, 5.74) is 2.13. The van der Waals surface area contributed by atoms with Gasteiger partial charge in [-0.25, -0.2) is 4.98 Å². The maximum atomic E-state index is 12.9. The lowest BCUT2D eigenvalue weighted by atomic mass is 9.96. The molecule has 0 radical (unpaired) electrons. The predicted octanol–water partition coefficient (Wildman–Crippen LogP) is 3.41. The Morgan fingerprint density at radius 2 is 1.79 bits per heavy atom. The van der Waals surface area contributed by atoms with Crippen LogP contribution >= 0.6 is 0 Å². The van der Waals surface area contributed by atoms with Gasteiger partial charge in [0, 0.05) is 24.2 Å². The molecule has 1 aromatic carbocycles. The molecule has 0 saturated carbocycles. The molecule has 3 heterocycles. The van der Waals surface area contributed by atoms with Crippen molar-refractivity contribution >= 4 is 23.3 Å². The van der Waals surface area contributed by atoms with E-state index in [9.17, 15) is 14.7 Å². The second kappa shape index (κ2) is 7.08. The Balaban J connectivity index is 1.94. The van der Waals surface area contributed by atoms with Crippen LogP contribution in [0.1, 0.15) is 22.7 Å². The van der Waals surface area contributed by atoms with Crippen LogP contribution in [0.4, 0.5) is 5.82 Å². The van der Waals surface area contributed by atoms with Crippen molar-refractivity contribution in [3.63, 3.8) is 0 Å². The van der Waals surface area contributed by atoms with Crippen molar-refractivity contribution in [3.8, 4) is 0 Å². The van der Waals surface area contributed by atoms with Crippen LogP contribution in [0.25, 0.3) is 5.76 Å². The minimum absolute atomic E-state index is 0.0208. The number of aryl methyl sites for hydroxylation is 1. The summed E-state index contributed by atoms with van der Waals surface area (Å²) in [4.78, 5) is 35.4. The third-order valence-electron chi connectivity index (χ3n) is 4.67. The number of rotatable bonds is 3. The summed E-state index contributed by atoms with van der Waals surface area (Å²) in [5, 5.41) is 10.9. The van der Waals surface area contributed by atoms with E-state index < -0.39 is 17.7 Å². The van der Waals surface area contributed by atoms with Crippen LogP contribution in [0.15, 0.2) is 78.8 Å². The van der Waals surface area contributed by atoms with Crippen LogP contribution in [0.3, 0.4) is 0 Å². The Morgan fingerprint density at radius 3 is 2.43 bits per heavy atom. The number of aromatic nitrogens is 2. The molecule has 1 saturated heterocycles. The highest BCUT2D eigenvalue weighted by Crippen LogP contribution is 2.41. The summed E-state index contributed by atoms with van der Waals surface area (Å²) in [6.07, 6.45) is 4.74.